The fourth-order valence-electron chi connectivity index (χ4n) is 0.829. The Labute approximate surface area is 79.4 Å². The van der Waals surface area contributed by atoms with Crippen LogP contribution in [0.25, 0.3) is 0 Å². The number of rotatable bonds is 3. The Morgan fingerprint density at radius 1 is 1.50 bits per heavy atom. The zero-order valence-electron chi connectivity index (χ0n) is 7.11. The minimum Gasteiger partial charge on any atom is -0.477 e. The standard InChI is InChI=1S/C7H9N5O2/c8-6(11-12-9)4-2-1-3-5(10-4)7(13)14/h1-3,12H,9H2,(H2,8,11)(H,13,14). The number of aromatic nitrogens is 1. The van der Waals surface area contributed by atoms with Gasteiger partial charge in [0.1, 0.15) is 11.4 Å². The molecule has 0 aliphatic heterocycles. The molecular formula is C7H9N5O2. The molecule has 0 saturated carbocycles. The van der Waals surface area contributed by atoms with Crippen molar-refractivity contribution < 1.29 is 9.90 Å². The fraction of sp³-hybridized carbons (Fsp3) is 0. The predicted molar refractivity (Wildman–Crippen MR) is 48.5 cm³/mol. The average Bonchev–Trinajstić information content (AvgIpc) is 2.18. The number of amidine groups is 1. The van der Waals surface area contributed by atoms with Gasteiger partial charge in [-0.1, -0.05) is 6.07 Å². The van der Waals surface area contributed by atoms with Gasteiger partial charge in [0.2, 0.25) is 0 Å². The van der Waals surface area contributed by atoms with Gasteiger partial charge in [-0.15, -0.1) is 0 Å². The van der Waals surface area contributed by atoms with Crippen LogP contribution >= 0.6 is 0 Å². The quantitative estimate of drug-likeness (QED) is 0.184. The summed E-state index contributed by atoms with van der Waals surface area (Å²) < 4.78 is 0. The number of nitrogens with two attached hydrogens (primary N) is 1. The number of carboxylic acid groups (broad SMARTS) is 1. The molecule has 74 valence electrons. The average molecular weight is 195 g/mol. The summed E-state index contributed by atoms with van der Waals surface area (Å²) in [5.41, 5.74) is 4.41. The normalized spacial score (nSPS) is 9.50. The Morgan fingerprint density at radius 3 is 2.71 bits per heavy atom. The van der Waals surface area contributed by atoms with Crippen LogP contribution in [0.4, 0.5) is 0 Å². The van der Waals surface area contributed by atoms with E-state index in [4.69, 9.17) is 16.4 Å². The first-order valence-electron chi connectivity index (χ1n) is 3.66. The van der Waals surface area contributed by atoms with Crippen molar-refractivity contribution in [1.29, 1.82) is 5.41 Å². The van der Waals surface area contributed by atoms with Crippen LogP contribution in [0.15, 0.2) is 18.2 Å². The van der Waals surface area contributed by atoms with Crippen molar-refractivity contribution in [2.45, 2.75) is 0 Å². The van der Waals surface area contributed by atoms with Gasteiger partial charge >= 0.3 is 5.97 Å². The first-order valence-corrected chi connectivity index (χ1v) is 3.66. The molecule has 1 rings (SSSR count). The first-order chi connectivity index (χ1) is 6.65. The molecule has 0 unspecified atom stereocenters. The van der Waals surface area contributed by atoms with Crippen molar-refractivity contribution in [2.75, 3.05) is 0 Å². The Balaban J connectivity index is 2.93. The number of carbonyl (C=O) groups is 1. The predicted octanol–water partition coefficient (Wildman–Crippen LogP) is -0.927. The highest BCUT2D eigenvalue weighted by Gasteiger charge is 2.07. The SMILES string of the molecule is N=C(NNN)c1cccc(C(=O)O)n1. The smallest absolute Gasteiger partial charge is 0.354 e. The van der Waals surface area contributed by atoms with Crippen molar-refractivity contribution in [3.05, 3.63) is 29.6 Å². The maximum Gasteiger partial charge on any atom is 0.354 e. The molecule has 1 aromatic rings. The minimum atomic E-state index is -1.14. The third-order valence-corrected chi connectivity index (χ3v) is 1.42. The highest BCUT2D eigenvalue weighted by molar-refractivity contribution is 5.95. The largest absolute Gasteiger partial charge is 0.477 e. The summed E-state index contributed by atoms with van der Waals surface area (Å²) in [5, 5.41) is 16.0. The van der Waals surface area contributed by atoms with Crippen molar-refractivity contribution in [2.24, 2.45) is 5.84 Å². The molecule has 1 aromatic heterocycles. The molecule has 0 fully saturated rings. The van der Waals surface area contributed by atoms with Crippen LogP contribution in [-0.4, -0.2) is 21.9 Å². The van der Waals surface area contributed by atoms with Crippen LogP contribution in [0.3, 0.4) is 0 Å². The van der Waals surface area contributed by atoms with E-state index in [-0.39, 0.29) is 17.2 Å². The summed E-state index contributed by atoms with van der Waals surface area (Å²) in [4.78, 5) is 14.2. The highest BCUT2D eigenvalue weighted by atomic mass is 16.4. The van der Waals surface area contributed by atoms with E-state index in [1.165, 1.54) is 18.2 Å². The molecule has 0 aliphatic carbocycles. The second-order valence-electron chi connectivity index (χ2n) is 2.36. The number of aromatic carboxylic acids is 1. The van der Waals surface area contributed by atoms with Gasteiger partial charge in [0, 0.05) is 0 Å². The third-order valence-electron chi connectivity index (χ3n) is 1.42. The molecule has 0 bridgehead atoms. The van der Waals surface area contributed by atoms with Gasteiger partial charge in [0.05, 0.1) is 0 Å². The van der Waals surface area contributed by atoms with Gasteiger partial charge in [0.15, 0.2) is 5.84 Å². The summed E-state index contributed by atoms with van der Waals surface area (Å²) in [6.45, 7) is 0. The van der Waals surface area contributed by atoms with E-state index in [0.29, 0.717) is 0 Å². The first kappa shape index (κ1) is 10.1. The highest BCUT2D eigenvalue weighted by Crippen LogP contribution is 1.98. The van der Waals surface area contributed by atoms with E-state index in [1.807, 2.05) is 0 Å². The third kappa shape index (κ3) is 2.25. The summed E-state index contributed by atoms with van der Waals surface area (Å²) in [6.07, 6.45) is 0. The van der Waals surface area contributed by atoms with Crippen LogP contribution < -0.4 is 16.8 Å². The van der Waals surface area contributed by atoms with Crippen molar-refractivity contribution in [3.63, 3.8) is 0 Å². The lowest BCUT2D eigenvalue weighted by Gasteiger charge is -2.04. The molecule has 0 aliphatic rings. The lowest BCUT2D eigenvalue weighted by molar-refractivity contribution is 0.0690. The Hall–Kier alpha value is -1.99. The van der Waals surface area contributed by atoms with Crippen LogP contribution in [-0.2, 0) is 0 Å². The molecule has 1 heterocycles. The lowest BCUT2D eigenvalue weighted by Crippen LogP contribution is -2.42. The van der Waals surface area contributed by atoms with Gasteiger partial charge in [-0.05, 0) is 12.1 Å². The van der Waals surface area contributed by atoms with Gasteiger partial charge in [-0.2, -0.15) is 5.53 Å². The Morgan fingerprint density at radius 2 is 2.14 bits per heavy atom. The van der Waals surface area contributed by atoms with Crippen molar-refractivity contribution in [3.8, 4) is 0 Å². The van der Waals surface area contributed by atoms with Gasteiger partial charge in [0.25, 0.3) is 0 Å². The van der Waals surface area contributed by atoms with Crippen molar-refractivity contribution >= 4 is 11.8 Å². The molecule has 0 radical (unpaired) electrons. The molecule has 0 atom stereocenters. The van der Waals surface area contributed by atoms with E-state index < -0.39 is 5.97 Å². The van der Waals surface area contributed by atoms with E-state index in [2.05, 4.69) is 15.9 Å². The Kier molecular flexibility index (Phi) is 3.10. The van der Waals surface area contributed by atoms with E-state index in [1.54, 1.807) is 0 Å². The van der Waals surface area contributed by atoms with Crippen LogP contribution in [0.5, 0.6) is 0 Å². The van der Waals surface area contributed by atoms with E-state index in [9.17, 15) is 4.79 Å². The fourth-order valence-corrected chi connectivity index (χ4v) is 0.829. The molecule has 6 N–H and O–H groups in total. The topological polar surface area (TPSA) is 124 Å². The second-order valence-corrected chi connectivity index (χ2v) is 2.36. The molecule has 0 amide bonds. The number of pyridine rings is 1. The zero-order valence-corrected chi connectivity index (χ0v) is 7.11. The van der Waals surface area contributed by atoms with Crippen LogP contribution in [0.1, 0.15) is 16.2 Å². The van der Waals surface area contributed by atoms with Gasteiger partial charge in [-0.25, -0.2) is 9.78 Å². The molecule has 0 aromatic carbocycles. The number of nitrogens with one attached hydrogen (secondary N) is 3. The van der Waals surface area contributed by atoms with Crippen LogP contribution in [0.2, 0.25) is 0 Å². The van der Waals surface area contributed by atoms with E-state index in [0.717, 1.165) is 0 Å². The number of hydrogen-bond acceptors (Lipinski definition) is 5. The van der Waals surface area contributed by atoms with Crippen molar-refractivity contribution in [1.82, 2.24) is 15.9 Å². The summed E-state index contributed by atoms with van der Waals surface area (Å²) in [5.74, 6) is 3.68. The summed E-state index contributed by atoms with van der Waals surface area (Å²) in [7, 11) is 0. The molecule has 14 heavy (non-hydrogen) atoms. The van der Waals surface area contributed by atoms with Gasteiger partial charge in [-0.3, -0.25) is 16.7 Å². The number of hydrogen-bond donors (Lipinski definition) is 5. The number of hydrazine groups is 2. The lowest BCUT2D eigenvalue weighted by atomic mass is 10.3. The maximum absolute atomic E-state index is 10.5. The minimum absolute atomic E-state index is 0.101. The Bertz CT molecular complexity index is 365. The molecule has 7 nitrogen and oxygen atoms in total. The number of carboxylic acids is 1. The second kappa shape index (κ2) is 4.30. The number of nitrogens with zero attached hydrogens (tertiary/aromatic N) is 1. The van der Waals surface area contributed by atoms with E-state index >= 15 is 0 Å². The molecule has 0 saturated heterocycles. The molecule has 7 heteroatoms. The van der Waals surface area contributed by atoms with Gasteiger partial charge < -0.3 is 5.11 Å². The summed E-state index contributed by atoms with van der Waals surface area (Å²) >= 11 is 0. The van der Waals surface area contributed by atoms with Crippen LogP contribution in [0, 0.1) is 5.41 Å². The molecule has 0 spiro atoms. The summed E-state index contributed by atoms with van der Waals surface area (Å²) in [6, 6.07) is 4.34. The maximum atomic E-state index is 10.5. The molecular weight excluding hydrogens is 186 g/mol. The monoisotopic (exact) mass is 195 g/mol. The zero-order chi connectivity index (χ0) is 10.6.